The maximum absolute atomic E-state index is 12.2. The first-order valence-corrected chi connectivity index (χ1v) is 9.55. The normalized spacial score (nSPS) is 16.3. The van der Waals surface area contributed by atoms with Gasteiger partial charge in [-0.3, -0.25) is 4.79 Å². The lowest BCUT2D eigenvalue weighted by atomic mass is 10.1. The molecule has 8 heteroatoms. The van der Waals surface area contributed by atoms with Gasteiger partial charge < -0.3 is 10.4 Å². The van der Waals surface area contributed by atoms with E-state index in [1.807, 2.05) is 24.3 Å². The molecule has 27 heavy (non-hydrogen) atoms. The van der Waals surface area contributed by atoms with Gasteiger partial charge in [0.25, 0.3) is 0 Å². The summed E-state index contributed by atoms with van der Waals surface area (Å²) in [6.45, 7) is 0. The van der Waals surface area contributed by atoms with Gasteiger partial charge in [-0.25, -0.2) is 9.48 Å². The Morgan fingerprint density at radius 3 is 2.63 bits per heavy atom. The third-order valence-electron chi connectivity index (χ3n) is 4.27. The first-order chi connectivity index (χ1) is 13.0. The van der Waals surface area contributed by atoms with E-state index in [9.17, 15) is 9.59 Å². The molecule has 0 fully saturated rings. The molecule has 1 aliphatic heterocycles. The number of aromatic carboxylic acids is 1. The lowest BCUT2D eigenvalue weighted by molar-refractivity contribution is -0.113. The molecule has 0 saturated heterocycles. The van der Waals surface area contributed by atoms with E-state index in [1.165, 1.54) is 23.9 Å². The van der Waals surface area contributed by atoms with Crippen molar-refractivity contribution in [3.63, 3.8) is 0 Å². The van der Waals surface area contributed by atoms with E-state index in [0.29, 0.717) is 22.3 Å². The predicted molar refractivity (Wildman–Crippen MR) is 105 cm³/mol. The highest BCUT2D eigenvalue weighted by Crippen LogP contribution is 2.44. The Hall–Kier alpha value is -2.77. The Bertz CT molecular complexity index is 1030. The van der Waals surface area contributed by atoms with Crippen LogP contribution in [-0.2, 0) is 4.79 Å². The van der Waals surface area contributed by atoms with Gasteiger partial charge in [-0.05, 0) is 35.9 Å². The van der Waals surface area contributed by atoms with E-state index in [1.54, 1.807) is 23.0 Å². The van der Waals surface area contributed by atoms with E-state index in [-0.39, 0.29) is 16.7 Å². The van der Waals surface area contributed by atoms with Crippen LogP contribution in [0.25, 0.3) is 5.69 Å². The van der Waals surface area contributed by atoms with Gasteiger partial charge in [0.05, 0.1) is 28.5 Å². The zero-order chi connectivity index (χ0) is 19.0. The highest BCUT2D eigenvalue weighted by Gasteiger charge is 2.29. The van der Waals surface area contributed by atoms with Gasteiger partial charge in [-0.1, -0.05) is 29.8 Å². The number of carboxylic acids is 1. The molecule has 6 nitrogen and oxygen atoms in total. The summed E-state index contributed by atoms with van der Waals surface area (Å²) >= 11 is 7.87. The number of thioether (sulfide) groups is 1. The van der Waals surface area contributed by atoms with E-state index in [2.05, 4.69) is 10.4 Å². The molecule has 0 saturated carbocycles. The SMILES string of the molecule is O=C1CS[C@H](c2ccccc2Cl)c2cnn(-c3ccc(C(=O)O)cc3)c2N1. The van der Waals surface area contributed by atoms with Crippen molar-refractivity contribution in [1.29, 1.82) is 0 Å². The van der Waals surface area contributed by atoms with Crippen molar-refractivity contribution in [3.8, 4) is 5.69 Å². The second-order valence-electron chi connectivity index (χ2n) is 5.97. The Balaban J connectivity index is 1.81. The molecule has 1 aromatic heterocycles. The molecule has 2 N–H and O–H groups in total. The zero-order valence-corrected chi connectivity index (χ0v) is 15.5. The second kappa shape index (κ2) is 7.09. The average molecular weight is 400 g/mol. The van der Waals surface area contributed by atoms with Gasteiger partial charge >= 0.3 is 5.97 Å². The molecule has 4 rings (SSSR count). The van der Waals surface area contributed by atoms with Crippen molar-refractivity contribution in [2.75, 3.05) is 11.1 Å². The first kappa shape index (κ1) is 17.6. The standard InChI is InChI=1S/C19H14ClN3O3S/c20-15-4-2-1-3-13(15)17-14-9-21-23(18(14)22-16(24)10-27-17)12-7-5-11(6-8-12)19(25)26/h1-9,17H,10H2,(H,22,24)(H,25,26)/t17-/m1/s1. The van der Waals surface area contributed by atoms with E-state index in [4.69, 9.17) is 16.7 Å². The summed E-state index contributed by atoms with van der Waals surface area (Å²) in [6, 6.07) is 13.9. The number of carboxylic acid groups (broad SMARTS) is 1. The summed E-state index contributed by atoms with van der Waals surface area (Å²) in [5.74, 6) is -0.260. The maximum Gasteiger partial charge on any atom is 0.335 e. The smallest absolute Gasteiger partial charge is 0.335 e. The van der Waals surface area contributed by atoms with Crippen LogP contribution in [0.1, 0.15) is 26.7 Å². The Labute approximate surface area is 164 Å². The lowest BCUT2D eigenvalue weighted by Gasteiger charge is -2.15. The molecular formula is C19H14ClN3O3S. The maximum atomic E-state index is 12.2. The van der Waals surface area contributed by atoms with Crippen LogP contribution in [0.4, 0.5) is 5.82 Å². The number of halogens is 1. The highest BCUT2D eigenvalue weighted by molar-refractivity contribution is 8.00. The van der Waals surface area contributed by atoms with Crippen molar-refractivity contribution in [2.24, 2.45) is 0 Å². The van der Waals surface area contributed by atoms with Crippen LogP contribution in [0.5, 0.6) is 0 Å². The summed E-state index contributed by atoms with van der Waals surface area (Å²) in [7, 11) is 0. The minimum absolute atomic E-state index is 0.125. The minimum atomic E-state index is -0.996. The molecule has 0 spiro atoms. The van der Waals surface area contributed by atoms with Gasteiger partial charge in [0, 0.05) is 10.6 Å². The minimum Gasteiger partial charge on any atom is -0.478 e. The molecule has 1 atom stereocenters. The van der Waals surface area contributed by atoms with Gasteiger partial charge in [-0.2, -0.15) is 5.10 Å². The predicted octanol–water partition coefficient (Wildman–Crippen LogP) is 4.00. The molecule has 3 aromatic rings. The van der Waals surface area contributed by atoms with Crippen molar-refractivity contribution in [1.82, 2.24) is 9.78 Å². The molecule has 136 valence electrons. The summed E-state index contributed by atoms with van der Waals surface area (Å²) in [4.78, 5) is 23.3. The first-order valence-electron chi connectivity index (χ1n) is 8.12. The fourth-order valence-corrected chi connectivity index (χ4v) is 4.42. The van der Waals surface area contributed by atoms with Crippen LogP contribution < -0.4 is 5.32 Å². The van der Waals surface area contributed by atoms with Crippen LogP contribution in [-0.4, -0.2) is 32.5 Å². The molecule has 0 radical (unpaired) electrons. The summed E-state index contributed by atoms with van der Waals surface area (Å²) < 4.78 is 1.61. The third kappa shape index (κ3) is 3.31. The Morgan fingerprint density at radius 1 is 1.19 bits per heavy atom. The van der Waals surface area contributed by atoms with E-state index < -0.39 is 5.97 Å². The number of nitrogens with zero attached hydrogens (tertiary/aromatic N) is 2. The van der Waals surface area contributed by atoms with Crippen LogP contribution in [0.3, 0.4) is 0 Å². The largest absolute Gasteiger partial charge is 0.478 e. The average Bonchev–Trinajstić information content (AvgIpc) is 2.99. The van der Waals surface area contributed by atoms with Crippen molar-refractivity contribution in [3.05, 3.63) is 76.4 Å². The molecule has 0 unspecified atom stereocenters. The Morgan fingerprint density at radius 2 is 1.93 bits per heavy atom. The van der Waals surface area contributed by atoms with Crippen molar-refractivity contribution >= 4 is 41.1 Å². The zero-order valence-electron chi connectivity index (χ0n) is 13.9. The third-order valence-corrected chi connectivity index (χ3v) is 5.88. The number of carbonyl (C=O) groups excluding carboxylic acids is 1. The molecule has 0 bridgehead atoms. The fraction of sp³-hybridized carbons (Fsp3) is 0.105. The quantitative estimate of drug-likeness (QED) is 0.695. The summed E-state index contributed by atoms with van der Waals surface area (Å²) in [5, 5.41) is 16.9. The van der Waals surface area contributed by atoms with Crippen LogP contribution in [0.2, 0.25) is 5.02 Å². The molecule has 1 amide bonds. The molecule has 1 aliphatic rings. The highest BCUT2D eigenvalue weighted by atomic mass is 35.5. The van der Waals surface area contributed by atoms with Gasteiger partial charge in [0.1, 0.15) is 5.82 Å². The van der Waals surface area contributed by atoms with Crippen molar-refractivity contribution in [2.45, 2.75) is 5.25 Å². The number of nitrogens with one attached hydrogen (secondary N) is 1. The number of amides is 1. The molecular weight excluding hydrogens is 386 g/mol. The number of hydrogen-bond acceptors (Lipinski definition) is 4. The summed E-state index contributed by atoms with van der Waals surface area (Å²) in [6.07, 6.45) is 1.72. The molecule has 0 aliphatic carbocycles. The number of aromatic nitrogens is 2. The second-order valence-corrected chi connectivity index (χ2v) is 7.47. The lowest BCUT2D eigenvalue weighted by Crippen LogP contribution is -2.15. The number of rotatable bonds is 3. The number of fused-ring (bicyclic) bond motifs is 1. The van der Waals surface area contributed by atoms with Gasteiger partial charge in [0.15, 0.2) is 0 Å². The van der Waals surface area contributed by atoms with Crippen LogP contribution >= 0.6 is 23.4 Å². The monoisotopic (exact) mass is 399 g/mol. The Kier molecular flexibility index (Phi) is 4.63. The van der Waals surface area contributed by atoms with Gasteiger partial charge in [-0.15, -0.1) is 11.8 Å². The van der Waals surface area contributed by atoms with Crippen LogP contribution in [0, 0.1) is 0 Å². The topological polar surface area (TPSA) is 84.2 Å². The summed E-state index contributed by atoms with van der Waals surface area (Å²) in [5.41, 5.74) is 2.61. The number of carbonyl (C=O) groups is 2. The number of benzene rings is 2. The fourth-order valence-electron chi connectivity index (χ4n) is 2.98. The van der Waals surface area contributed by atoms with Crippen molar-refractivity contribution < 1.29 is 14.7 Å². The number of hydrogen-bond donors (Lipinski definition) is 2. The van der Waals surface area contributed by atoms with E-state index in [0.717, 1.165) is 11.1 Å². The van der Waals surface area contributed by atoms with Crippen LogP contribution in [0.15, 0.2) is 54.7 Å². The van der Waals surface area contributed by atoms with Gasteiger partial charge in [0.2, 0.25) is 5.91 Å². The molecule has 2 heterocycles. The number of anilines is 1. The van der Waals surface area contributed by atoms with E-state index >= 15 is 0 Å². The molecule has 2 aromatic carbocycles.